The van der Waals surface area contributed by atoms with Crippen molar-refractivity contribution in [3.05, 3.63) is 70.0 Å². The molecule has 1 atom stereocenters. The van der Waals surface area contributed by atoms with Gasteiger partial charge in [0.1, 0.15) is 0 Å². The lowest BCUT2D eigenvalue weighted by Crippen LogP contribution is -2.43. The first-order chi connectivity index (χ1) is 16.1. The molecular formula is C24H26Cl2N4O2S. The Hall–Kier alpha value is -2.06. The standard InChI is InChI=1S/C24H26Cl2N4O2S/c25-20-9-3-1-6-18(20)16-33-13-11-27-24(31)17-7-5-12-30(14-17)15-22-28-23(29-32-22)19-8-2-4-10-21(19)26/h1-4,6,8-10,17H,5,7,11-16H2,(H,27,31). The summed E-state index contributed by atoms with van der Waals surface area (Å²) in [6.45, 7) is 2.76. The second-order valence-corrected chi connectivity index (χ2v) is 9.92. The molecule has 4 rings (SSSR count). The van der Waals surface area contributed by atoms with Crippen LogP contribution in [0.1, 0.15) is 24.3 Å². The van der Waals surface area contributed by atoms with E-state index in [-0.39, 0.29) is 11.8 Å². The monoisotopic (exact) mass is 504 g/mol. The number of piperidine rings is 1. The lowest BCUT2D eigenvalue weighted by Gasteiger charge is -2.30. The Morgan fingerprint density at radius 3 is 2.76 bits per heavy atom. The number of amides is 1. The number of hydrogen-bond acceptors (Lipinski definition) is 6. The molecule has 1 fully saturated rings. The van der Waals surface area contributed by atoms with Crippen molar-refractivity contribution in [1.82, 2.24) is 20.4 Å². The summed E-state index contributed by atoms with van der Waals surface area (Å²) >= 11 is 14.2. The Labute approximate surface area is 208 Å². The minimum absolute atomic E-state index is 0.0294. The summed E-state index contributed by atoms with van der Waals surface area (Å²) in [7, 11) is 0. The minimum atomic E-state index is -0.0294. The summed E-state index contributed by atoms with van der Waals surface area (Å²) in [5.41, 5.74) is 1.87. The number of halogens is 2. The second-order valence-electron chi connectivity index (χ2n) is 8.00. The van der Waals surface area contributed by atoms with E-state index in [1.165, 1.54) is 0 Å². The molecule has 2 aromatic carbocycles. The number of aromatic nitrogens is 2. The Kier molecular flexibility index (Phi) is 8.67. The molecule has 0 aliphatic carbocycles. The summed E-state index contributed by atoms with van der Waals surface area (Å²) in [5, 5.41) is 8.53. The molecule has 2 heterocycles. The van der Waals surface area contributed by atoms with Gasteiger partial charge in [-0.05, 0) is 43.1 Å². The Balaban J connectivity index is 1.21. The van der Waals surface area contributed by atoms with Gasteiger partial charge in [0.05, 0.1) is 17.5 Å². The maximum absolute atomic E-state index is 12.7. The van der Waals surface area contributed by atoms with Crippen LogP contribution in [-0.2, 0) is 17.1 Å². The number of carbonyl (C=O) groups excluding carboxylic acids is 1. The first kappa shape index (κ1) is 24.1. The van der Waals surface area contributed by atoms with Crippen molar-refractivity contribution in [1.29, 1.82) is 0 Å². The van der Waals surface area contributed by atoms with Crippen molar-refractivity contribution in [2.45, 2.75) is 25.1 Å². The van der Waals surface area contributed by atoms with Crippen LogP contribution in [0, 0.1) is 5.92 Å². The van der Waals surface area contributed by atoms with Crippen LogP contribution in [-0.4, -0.2) is 46.3 Å². The van der Waals surface area contributed by atoms with Crippen LogP contribution in [0.3, 0.4) is 0 Å². The average Bonchev–Trinajstić information content (AvgIpc) is 3.28. The predicted octanol–water partition coefficient (Wildman–Crippen LogP) is 5.31. The summed E-state index contributed by atoms with van der Waals surface area (Å²) in [5.74, 6) is 2.78. The number of rotatable bonds is 9. The smallest absolute Gasteiger partial charge is 0.241 e. The Bertz CT molecular complexity index is 1080. The quantitative estimate of drug-likeness (QED) is 0.398. The van der Waals surface area contributed by atoms with E-state index in [2.05, 4.69) is 20.4 Å². The van der Waals surface area contributed by atoms with Crippen molar-refractivity contribution >= 4 is 40.9 Å². The fourth-order valence-electron chi connectivity index (χ4n) is 3.86. The lowest BCUT2D eigenvalue weighted by atomic mass is 9.97. The topological polar surface area (TPSA) is 71.3 Å². The van der Waals surface area contributed by atoms with E-state index in [9.17, 15) is 4.79 Å². The second kappa shape index (κ2) is 11.9. The van der Waals surface area contributed by atoms with Crippen LogP contribution >= 0.6 is 35.0 Å². The third-order valence-corrected chi connectivity index (χ3v) is 7.29. The van der Waals surface area contributed by atoms with Crippen molar-refractivity contribution in [3.63, 3.8) is 0 Å². The summed E-state index contributed by atoms with van der Waals surface area (Å²) in [4.78, 5) is 19.4. The highest BCUT2D eigenvalue weighted by Gasteiger charge is 2.26. The molecule has 1 aliphatic rings. The predicted molar refractivity (Wildman–Crippen MR) is 133 cm³/mol. The number of benzene rings is 2. The number of nitrogens with zero attached hydrogens (tertiary/aromatic N) is 3. The maximum atomic E-state index is 12.7. The van der Waals surface area contributed by atoms with Crippen molar-refractivity contribution in [3.8, 4) is 11.4 Å². The van der Waals surface area contributed by atoms with Gasteiger partial charge >= 0.3 is 0 Å². The van der Waals surface area contributed by atoms with Gasteiger partial charge < -0.3 is 9.84 Å². The van der Waals surface area contributed by atoms with Crippen LogP contribution in [0.25, 0.3) is 11.4 Å². The van der Waals surface area contributed by atoms with Gasteiger partial charge in [-0.15, -0.1) is 0 Å². The molecule has 0 spiro atoms. The van der Waals surface area contributed by atoms with Gasteiger partial charge in [-0.25, -0.2) is 0 Å². The Morgan fingerprint density at radius 1 is 1.15 bits per heavy atom. The number of likely N-dealkylation sites (tertiary alicyclic amines) is 1. The molecule has 3 aromatic rings. The zero-order valence-electron chi connectivity index (χ0n) is 18.2. The molecule has 1 aliphatic heterocycles. The van der Waals surface area contributed by atoms with Gasteiger partial charge in [0, 0.05) is 35.2 Å². The van der Waals surface area contributed by atoms with Gasteiger partial charge in [-0.3, -0.25) is 9.69 Å². The van der Waals surface area contributed by atoms with Crippen LogP contribution in [0.15, 0.2) is 53.1 Å². The molecule has 1 aromatic heterocycles. The van der Waals surface area contributed by atoms with Crippen molar-refractivity contribution in [2.75, 3.05) is 25.4 Å². The zero-order valence-corrected chi connectivity index (χ0v) is 20.5. The van der Waals surface area contributed by atoms with E-state index in [0.717, 1.165) is 47.0 Å². The van der Waals surface area contributed by atoms with E-state index < -0.39 is 0 Å². The molecular weight excluding hydrogens is 479 g/mol. The largest absolute Gasteiger partial charge is 0.355 e. The molecule has 9 heteroatoms. The van der Waals surface area contributed by atoms with Crippen LogP contribution in [0.5, 0.6) is 0 Å². The van der Waals surface area contributed by atoms with Crippen LogP contribution < -0.4 is 5.32 Å². The zero-order chi connectivity index (χ0) is 23.0. The average molecular weight is 505 g/mol. The highest BCUT2D eigenvalue weighted by molar-refractivity contribution is 7.98. The van der Waals surface area contributed by atoms with Crippen molar-refractivity contribution < 1.29 is 9.32 Å². The fourth-order valence-corrected chi connectivity index (χ4v) is 5.23. The molecule has 0 saturated carbocycles. The van der Waals surface area contributed by atoms with E-state index in [1.807, 2.05) is 42.5 Å². The number of thioether (sulfide) groups is 1. The van der Waals surface area contributed by atoms with Gasteiger partial charge in [0.2, 0.25) is 17.6 Å². The fraction of sp³-hybridized carbons (Fsp3) is 0.375. The molecule has 0 radical (unpaired) electrons. The van der Waals surface area contributed by atoms with Gasteiger partial charge in [-0.1, -0.05) is 58.7 Å². The van der Waals surface area contributed by atoms with Gasteiger partial charge in [-0.2, -0.15) is 16.7 Å². The number of carbonyl (C=O) groups is 1. The van der Waals surface area contributed by atoms with Crippen LogP contribution in [0.4, 0.5) is 0 Å². The molecule has 1 saturated heterocycles. The summed E-state index contributed by atoms with van der Waals surface area (Å²) in [6.07, 6.45) is 1.86. The molecule has 0 bridgehead atoms. The molecule has 6 nitrogen and oxygen atoms in total. The third kappa shape index (κ3) is 6.73. The maximum Gasteiger partial charge on any atom is 0.241 e. The molecule has 1 unspecified atom stereocenters. The molecule has 174 valence electrons. The van der Waals surface area contributed by atoms with Gasteiger partial charge in [0.15, 0.2) is 0 Å². The Morgan fingerprint density at radius 2 is 1.94 bits per heavy atom. The third-order valence-electron chi connectivity index (χ3n) is 5.58. The summed E-state index contributed by atoms with van der Waals surface area (Å²) < 4.78 is 5.44. The van der Waals surface area contributed by atoms with Crippen LogP contribution in [0.2, 0.25) is 10.0 Å². The lowest BCUT2D eigenvalue weighted by molar-refractivity contribution is -0.126. The molecule has 33 heavy (non-hydrogen) atoms. The SMILES string of the molecule is O=C(NCCSCc1ccccc1Cl)C1CCCN(Cc2nc(-c3ccccc3Cl)no2)C1. The summed E-state index contributed by atoms with van der Waals surface area (Å²) in [6, 6.07) is 15.3. The first-order valence-electron chi connectivity index (χ1n) is 11.0. The molecule has 1 N–H and O–H groups in total. The van der Waals surface area contributed by atoms with E-state index in [4.69, 9.17) is 27.7 Å². The van der Waals surface area contributed by atoms with E-state index in [0.29, 0.717) is 36.4 Å². The van der Waals surface area contributed by atoms with E-state index in [1.54, 1.807) is 17.8 Å². The van der Waals surface area contributed by atoms with Gasteiger partial charge in [0.25, 0.3) is 0 Å². The highest BCUT2D eigenvalue weighted by atomic mass is 35.5. The number of nitrogens with one attached hydrogen (secondary N) is 1. The normalized spacial score (nSPS) is 16.6. The van der Waals surface area contributed by atoms with Crippen molar-refractivity contribution in [2.24, 2.45) is 5.92 Å². The minimum Gasteiger partial charge on any atom is -0.355 e. The number of hydrogen-bond donors (Lipinski definition) is 1. The molecule has 1 amide bonds. The van der Waals surface area contributed by atoms with E-state index >= 15 is 0 Å². The first-order valence-corrected chi connectivity index (χ1v) is 12.9. The highest BCUT2D eigenvalue weighted by Crippen LogP contribution is 2.26.